The van der Waals surface area contributed by atoms with Gasteiger partial charge >= 0.3 is 0 Å². The van der Waals surface area contributed by atoms with Crippen LogP contribution in [0.15, 0.2) is 22.6 Å². The van der Waals surface area contributed by atoms with E-state index in [4.69, 9.17) is 14.9 Å². The first-order valence-corrected chi connectivity index (χ1v) is 7.33. The minimum atomic E-state index is 0.439. The maximum atomic E-state index is 5.85. The minimum Gasteiger partial charge on any atom is -0.423 e. The molecule has 1 aliphatic carbocycles. The molecule has 1 aliphatic rings. The largest absolute Gasteiger partial charge is 0.423 e. The first-order chi connectivity index (χ1) is 9.81. The highest BCUT2D eigenvalue weighted by Gasteiger charge is 2.13. The van der Waals surface area contributed by atoms with Gasteiger partial charge in [0.2, 0.25) is 0 Å². The lowest BCUT2D eigenvalue weighted by Crippen LogP contribution is -2.20. The van der Waals surface area contributed by atoms with Crippen molar-refractivity contribution in [3.63, 3.8) is 0 Å². The smallest absolute Gasteiger partial charge is 0.295 e. The van der Waals surface area contributed by atoms with E-state index in [2.05, 4.69) is 10.3 Å². The number of nitrogens with one attached hydrogen (secondary N) is 1. The Morgan fingerprint density at radius 1 is 1.30 bits per heavy atom. The molecule has 5 heteroatoms. The molecule has 0 radical (unpaired) electrons. The molecule has 20 heavy (non-hydrogen) atoms. The zero-order valence-corrected chi connectivity index (χ0v) is 11.6. The van der Waals surface area contributed by atoms with Crippen LogP contribution in [-0.4, -0.2) is 24.2 Å². The zero-order chi connectivity index (χ0) is 13.8. The van der Waals surface area contributed by atoms with Gasteiger partial charge in [-0.25, -0.2) is 0 Å². The molecule has 0 bridgehead atoms. The van der Waals surface area contributed by atoms with Crippen LogP contribution in [0.1, 0.15) is 32.1 Å². The van der Waals surface area contributed by atoms with E-state index in [-0.39, 0.29) is 0 Å². The van der Waals surface area contributed by atoms with Gasteiger partial charge in [0, 0.05) is 18.3 Å². The van der Waals surface area contributed by atoms with Crippen molar-refractivity contribution in [2.24, 2.45) is 0 Å². The van der Waals surface area contributed by atoms with Crippen molar-refractivity contribution >= 4 is 22.8 Å². The molecule has 0 atom stereocenters. The third-order valence-electron chi connectivity index (χ3n) is 3.70. The van der Waals surface area contributed by atoms with Gasteiger partial charge in [-0.3, -0.25) is 0 Å². The van der Waals surface area contributed by atoms with Crippen LogP contribution in [-0.2, 0) is 4.74 Å². The van der Waals surface area contributed by atoms with Crippen LogP contribution in [0.3, 0.4) is 0 Å². The van der Waals surface area contributed by atoms with Gasteiger partial charge in [-0.05, 0) is 25.0 Å². The number of benzene rings is 1. The topological polar surface area (TPSA) is 73.3 Å². The van der Waals surface area contributed by atoms with Crippen molar-refractivity contribution in [3.05, 3.63) is 18.2 Å². The Morgan fingerprint density at radius 2 is 2.15 bits per heavy atom. The number of nitrogen functional groups attached to an aromatic ring is 1. The summed E-state index contributed by atoms with van der Waals surface area (Å²) in [7, 11) is 0. The SMILES string of the molecule is Nc1ccc2nc(NCCOC3CCCCC3)oc2c1. The van der Waals surface area contributed by atoms with Crippen molar-refractivity contribution in [2.45, 2.75) is 38.2 Å². The molecule has 1 fully saturated rings. The predicted molar refractivity (Wildman–Crippen MR) is 79.7 cm³/mol. The van der Waals surface area contributed by atoms with Crippen LogP contribution in [0.2, 0.25) is 0 Å². The summed E-state index contributed by atoms with van der Waals surface area (Å²) < 4.78 is 11.4. The number of fused-ring (bicyclic) bond motifs is 1. The fraction of sp³-hybridized carbons (Fsp3) is 0.533. The fourth-order valence-corrected chi connectivity index (χ4v) is 2.63. The number of aromatic nitrogens is 1. The quantitative estimate of drug-likeness (QED) is 0.647. The first-order valence-electron chi connectivity index (χ1n) is 7.33. The second-order valence-corrected chi connectivity index (χ2v) is 5.30. The van der Waals surface area contributed by atoms with E-state index in [9.17, 15) is 0 Å². The number of ether oxygens (including phenoxy) is 1. The van der Waals surface area contributed by atoms with E-state index in [0.29, 0.717) is 36.5 Å². The highest BCUT2D eigenvalue weighted by atomic mass is 16.5. The van der Waals surface area contributed by atoms with Crippen LogP contribution in [0.25, 0.3) is 11.1 Å². The number of nitrogens with zero attached hydrogens (tertiary/aromatic N) is 1. The molecule has 0 aliphatic heterocycles. The second kappa shape index (κ2) is 6.13. The average Bonchev–Trinajstić information content (AvgIpc) is 2.86. The van der Waals surface area contributed by atoms with Gasteiger partial charge in [-0.1, -0.05) is 19.3 Å². The molecule has 3 N–H and O–H groups in total. The van der Waals surface area contributed by atoms with Crippen LogP contribution in [0, 0.1) is 0 Å². The second-order valence-electron chi connectivity index (χ2n) is 5.30. The molecule has 1 aromatic carbocycles. The summed E-state index contributed by atoms with van der Waals surface area (Å²) >= 11 is 0. The lowest BCUT2D eigenvalue weighted by molar-refractivity contribution is 0.0346. The zero-order valence-electron chi connectivity index (χ0n) is 11.6. The number of anilines is 2. The molecule has 108 valence electrons. The molecule has 3 rings (SSSR count). The summed E-state index contributed by atoms with van der Waals surface area (Å²) in [5.41, 5.74) is 7.91. The Hall–Kier alpha value is -1.75. The highest BCUT2D eigenvalue weighted by Crippen LogP contribution is 2.21. The van der Waals surface area contributed by atoms with Crippen LogP contribution in [0.4, 0.5) is 11.7 Å². The van der Waals surface area contributed by atoms with Crippen LogP contribution in [0.5, 0.6) is 0 Å². The monoisotopic (exact) mass is 275 g/mol. The van der Waals surface area contributed by atoms with Gasteiger partial charge in [0.1, 0.15) is 5.52 Å². The van der Waals surface area contributed by atoms with E-state index in [1.165, 1.54) is 32.1 Å². The van der Waals surface area contributed by atoms with Crippen LogP contribution < -0.4 is 11.1 Å². The molecule has 0 saturated heterocycles. The van der Waals surface area contributed by atoms with Crippen molar-refractivity contribution in [1.82, 2.24) is 4.98 Å². The van der Waals surface area contributed by atoms with Crippen LogP contribution >= 0.6 is 0 Å². The summed E-state index contributed by atoms with van der Waals surface area (Å²) in [6, 6.07) is 5.99. The molecule has 0 amide bonds. The van der Waals surface area contributed by atoms with E-state index in [0.717, 1.165) is 5.52 Å². The van der Waals surface area contributed by atoms with Gasteiger partial charge in [0.15, 0.2) is 5.58 Å². The molecule has 1 heterocycles. The van der Waals surface area contributed by atoms with E-state index < -0.39 is 0 Å². The number of hydrogen-bond acceptors (Lipinski definition) is 5. The third-order valence-corrected chi connectivity index (χ3v) is 3.70. The Labute approximate surface area is 118 Å². The molecule has 0 unspecified atom stereocenters. The lowest BCUT2D eigenvalue weighted by atomic mass is 9.98. The van der Waals surface area contributed by atoms with Gasteiger partial charge in [-0.2, -0.15) is 4.98 Å². The van der Waals surface area contributed by atoms with Gasteiger partial charge in [0.25, 0.3) is 6.01 Å². The van der Waals surface area contributed by atoms with Crippen molar-refractivity contribution in [2.75, 3.05) is 24.2 Å². The molecular formula is C15H21N3O2. The molecular weight excluding hydrogens is 254 g/mol. The van der Waals surface area contributed by atoms with E-state index in [1.807, 2.05) is 12.1 Å². The van der Waals surface area contributed by atoms with Crippen molar-refractivity contribution < 1.29 is 9.15 Å². The predicted octanol–water partition coefficient (Wildman–Crippen LogP) is 3.17. The Balaban J connectivity index is 1.47. The Kier molecular flexibility index (Phi) is 4.06. The Morgan fingerprint density at radius 3 is 3.00 bits per heavy atom. The fourth-order valence-electron chi connectivity index (χ4n) is 2.63. The van der Waals surface area contributed by atoms with E-state index >= 15 is 0 Å². The maximum absolute atomic E-state index is 5.85. The average molecular weight is 275 g/mol. The number of hydrogen-bond donors (Lipinski definition) is 2. The van der Waals surface area contributed by atoms with Crippen molar-refractivity contribution in [3.8, 4) is 0 Å². The molecule has 2 aromatic rings. The first kappa shape index (κ1) is 13.2. The Bertz CT molecular complexity index is 561. The molecule has 5 nitrogen and oxygen atoms in total. The lowest BCUT2D eigenvalue weighted by Gasteiger charge is -2.21. The number of oxazole rings is 1. The summed E-state index contributed by atoms with van der Waals surface area (Å²) in [6.07, 6.45) is 6.78. The van der Waals surface area contributed by atoms with Gasteiger partial charge in [-0.15, -0.1) is 0 Å². The maximum Gasteiger partial charge on any atom is 0.295 e. The number of nitrogens with two attached hydrogens (primary N) is 1. The minimum absolute atomic E-state index is 0.439. The van der Waals surface area contributed by atoms with Gasteiger partial charge < -0.3 is 20.2 Å². The summed E-state index contributed by atoms with van der Waals surface area (Å²) in [6.45, 7) is 1.39. The summed E-state index contributed by atoms with van der Waals surface area (Å²) in [5, 5.41) is 3.15. The molecule has 0 spiro atoms. The number of rotatable bonds is 5. The summed E-state index contributed by atoms with van der Waals surface area (Å²) in [5.74, 6) is 0. The normalized spacial score (nSPS) is 16.6. The summed E-state index contributed by atoms with van der Waals surface area (Å²) in [4.78, 5) is 4.35. The van der Waals surface area contributed by atoms with Crippen molar-refractivity contribution in [1.29, 1.82) is 0 Å². The highest BCUT2D eigenvalue weighted by molar-refractivity contribution is 5.77. The molecule has 1 saturated carbocycles. The standard InChI is InChI=1S/C15H21N3O2/c16-11-6-7-13-14(10-11)20-15(18-13)17-8-9-19-12-4-2-1-3-5-12/h6-7,10,12H,1-5,8-9,16H2,(H,17,18). The molecule has 1 aromatic heterocycles. The van der Waals surface area contributed by atoms with Gasteiger partial charge in [0.05, 0.1) is 12.7 Å². The third kappa shape index (κ3) is 3.22. The van der Waals surface area contributed by atoms with E-state index in [1.54, 1.807) is 6.07 Å².